The zero-order valence-corrected chi connectivity index (χ0v) is 9.31. The number of rotatable bonds is 2. The van der Waals surface area contributed by atoms with E-state index in [-0.39, 0.29) is 24.5 Å². The zero-order valence-electron chi connectivity index (χ0n) is 8.50. The molecule has 1 spiro atoms. The summed E-state index contributed by atoms with van der Waals surface area (Å²) in [6, 6.07) is 0. The van der Waals surface area contributed by atoms with Gasteiger partial charge in [-0.1, -0.05) is 5.11 Å². The average Bonchev–Trinajstić information content (AvgIpc) is 2.64. The molecule has 0 bridgehead atoms. The normalized spacial score (nSPS) is 36.0. The van der Waals surface area contributed by atoms with Gasteiger partial charge in [-0.15, -0.1) is 0 Å². The van der Waals surface area contributed by atoms with E-state index in [0.29, 0.717) is 6.42 Å². The summed E-state index contributed by atoms with van der Waals surface area (Å²) in [5, 5.41) is 3.36. The Hall–Kier alpha value is -1.27. The fourth-order valence-electron chi connectivity index (χ4n) is 2.40. The van der Waals surface area contributed by atoms with Crippen molar-refractivity contribution in [3.8, 4) is 0 Å². The highest BCUT2D eigenvalue weighted by Crippen LogP contribution is 2.45. The molecule has 2 aliphatic rings. The van der Waals surface area contributed by atoms with Crippen LogP contribution in [0.1, 0.15) is 12.8 Å². The second-order valence-electron chi connectivity index (χ2n) is 4.27. The maximum Gasteiger partial charge on any atom is 0.306 e. The molecule has 0 aromatic rings. The summed E-state index contributed by atoms with van der Waals surface area (Å²) in [6.45, 7) is 0.0117. The van der Waals surface area contributed by atoms with E-state index >= 15 is 0 Å². The molecule has 0 N–H and O–H groups in total. The minimum Gasteiger partial charge on any atom is -0.462 e. The van der Waals surface area contributed by atoms with Crippen LogP contribution in [-0.2, 0) is 19.4 Å². The summed E-state index contributed by atoms with van der Waals surface area (Å²) in [4.78, 5) is 13.8. The van der Waals surface area contributed by atoms with Crippen LogP contribution in [0.15, 0.2) is 5.11 Å². The number of esters is 1. The van der Waals surface area contributed by atoms with Crippen molar-refractivity contribution in [1.29, 1.82) is 0 Å². The summed E-state index contributed by atoms with van der Waals surface area (Å²) < 4.78 is 27.9. The monoisotopic (exact) mass is 245 g/mol. The smallest absolute Gasteiger partial charge is 0.306 e. The predicted octanol–water partition coefficient (Wildman–Crippen LogP) is 0.417. The minimum atomic E-state index is -3.09. The topological polar surface area (TPSA) is 109 Å². The number of ether oxygens (including phenoxy) is 1. The maximum atomic E-state index is 11.4. The lowest BCUT2D eigenvalue weighted by molar-refractivity contribution is -0.141. The van der Waals surface area contributed by atoms with Crippen LogP contribution in [0.2, 0.25) is 0 Å². The van der Waals surface area contributed by atoms with Gasteiger partial charge in [0, 0.05) is 10.3 Å². The van der Waals surface area contributed by atoms with Gasteiger partial charge < -0.3 is 4.74 Å². The van der Waals surface area contributed by atoms with Gasteiger partial charge in [-0.2, -0.15) is 0 Å². The molecular formula is C8H11N3O4S. The first kappa shape index (κ1) is 11.2. The molecule has 0 saturated carbocycles. The van der Waals surface area contributed by atoms with Gasteiger partial charge >= 0.3 is 5.97 Å². The number of cyclic esters (lactones) is 1. The molecule has 2 fully saturated rings. The molecule has 0 aromatic carbocycles. The molecule has 0 radical (unpaired) electrons. The van der Waals surface area contributed by atoms with Crippen molar-refractivity contribution in [2.75, 3.05) is 18.1 Å². The predicted molar refractivity (Wildman–Crippen MR) is 54.2 cm³/mol. The summed E-state index contributed by atoms with van der Waals surface area (Å²) >= 11 is 0. The van der Waals surface area contributed by atoms with Crippen molar-refractivity contribution >= 4 is 15.8 Å². The largest absolute Gasteiger partial charge is 0.462 e. The van der Waals surface area contributed by atoms with Crippen molar-refractivity contribution in [2.24, 2.45) is 10.5 Å². The van der Waals surface area contributed by atoms with Gasteiger partial charge in [0.25, 0.3) is 0 Å². The van der Waals surface area contributed by atoms with E-state index in [2.05, 4.69) is 10.0 Å². The molecular weight excluding hydrogens is 234 g/mol. The molecule has 2 rings (SSSR count). The summed E-state index contributed by atoms with van der Waals surface area (Å²) in [6.07, 6.45) is -0.0713. The van der Waals surface area contributed by atoms with Crippen molar-refractivity contribution in [3.63, 3.8) is 0 Å². The Morgan fingerprint density at radius 1 is 1.62 bits per heavy atom. The molecule has 0 aromatic heterocycles. The van der Waals surface area contributed by atoms with Crippen LogP contribution in [-0.4, -0.2) is 38.5 Å². The third-order valence-corrected chi connectivity index (χ3v) is 5.02. The van der Waals surface area contributed by atoms with Crippen LogP contribution < -0.4 is 0 Å². The van der Waals surface area contributed by atoms with Crippen molar-refractivity contribution < 1.29 is 17.9 Å². The summed E-state index contributed by atoms with van der Waals surface area (Å²) in [5.41, 5.74) is 7.56. The Morgan fingerprint density at radius 3 is 2.94 bits per heavy atom. The van der Waals surface area contributed by atoms with E-state index in [9.17, 15) is 13.2 Å². The van der Waals surface area contributed by atoms with Crippen LogP contribution >= 0.6 is 0 Å². The number of carbonyl (C=O) groups is 1. The minimum absolute atomic E-state index is 0.0117. The molecule has 2 saturated heterocycles. The average molecular weight is 245 g/mol. The van der Waals surface area contributed by atoms with Crippen molar-refractivity contribution in [1.82, 2.24) is 0 Å². The molecule has 2 atom stereocenters. The van der Waals surface area contributed by atoms with Gasteiger partial charge in [0.2, 0.25) is 0 Å². The number of azide groups is 1. The van der Waals surface area contributed by atoms with E-state index in [1.54, 1.807) is 0 Å². The van der Waals surface area contributed by atoms with Gasteiger partial charge in [0.05, 0.1) is 24.5 Å². The molecule has 16 heavy (non-hydrogen) atoms. The molecule has 8 heteroatoms. The second kappa shape index (κ2) is 3.64. The molecule has 0 aliphatic carbocycles. The van der Waals surface area contributed by atoms with Gasteiger partial charge in [-0.25, -0.2) is 8.42 Å². The first-order valence-electron chi connectivity index (χ1n) is 4.88. The first-order valence-corrected chi connectivity index (χ1v) is 6.70. The number of sulfone groups is 1. The summed E-state index contributed by atoms with van der Waals surface area (Å²) in [7, 11) is -3.09. The van der Waals surface area contributed by atoms with E-state index in [1.165, 1.54) is 0 Å². The van der Waals surface area contributed by atoms with Crippen molar-refractivity contribution in [2.45, 2.75) is 18.9 Å². The molecule has 0 amide bonds. The number of carbonyl (C=O) groups excluding carboxylic acids is 1. The van der Waals surface area contributed by atoms with E-state index in [4.69, 9.17) is 10.3 Å². The summed E-state index contributed by atoms with van der Waals surface area (Å²) in [5.74, 6) is -0.372. The highest BCUT2D eigenvalue weighted by atomic mass is 32.2. The van der Waals surface area contributed by atoms with Crippen molar-refractivity contribution in [3.05, 3.63) is 10.4 Å². The molecule has 88 valence electrons. The number of hydrogen-bond donors (Lipinski definition) is 0. The molecule has 2 aliphatic heterocycles. The fraction of sp³-hybridized carbons (Fsp3) is 0.875. The van der Waals surface area contributed by atoms with Gasteiger partial charge in [0.1, 0.15) is 6.10 Å². The highest BCUT2D eigenvalue weighted by Gasteiger charge is 2.54. The SMILES string of the molecule is [N-]=[N+]=NCC1OC(=O)CC12CCS(=O)(=O)C2. The Kier molecular flexibility index (Phi) is 2.55. The second-order valence-corrected chi connectivity index (χ2v) is 6.46. The lowest BCUT2D eigenvalue weighted by Crippen LogP contribution is -2.34. The molecule has 2 heterocycles. The van der Waals surface area contributed by atoms with Crippen LogP contribution in [0.25, 0.3) is 10.4 Å². The molecule has 7 nitrogen and oxygen atoms in total. The third kappa shape index (κ3) is 1.85. The Balaban J connectivity index is 2.24. The zero-order chi connectivity index (χ0) is 11.8. The highest BCUT2D eigenvalue weighted by molar-refractivity contribution is 7.91. The lowest BCUT2D eigenvalue weighted by atomic mass is 9.80. The van der Waals surface area contributed by atoms with Crippen LogP contribution in [0, 0.1) is 5.41 Å². The number of hydrogen-bond acceptors (Lipinski definition) is 5. The quantitative estimate of drug-likeness (QED) is 0.304. The fourth-order valence-corrected chi connectivity index (χ4v) is 4.57. The number of nitrogens with zero attached hydrogens (tertiary/aromatic N) is 3. The van der Waals surface area contributed by atoms with Gasteiger partial charge in [0.15, 0.2) is 9.84 Å². The first-order chi connectivity index (χ1) is 7.47. The van der Waals surface area contributed by atoms with E-state index in [0.717, 1.165) is 0 Å². The van der Waals surface area contributed by atoms with E-state index < -0.39 is 27.3 Å². The van der Waals surface area contributed by atoms with Crippen LogP contribution in [0.4, 0.5) is 0 Å². The van der Waals surface area contributed by atoms with E-state index in [1.807, 2.05) is 0 Å². The Morgan fingerprint density at radius 2 is 2.38 bits per heavy atom. The standard InChI is InChI=1S/C8H11N3O4S/c9-11-10-4-6-8(3-7(12)15-6)1-2-16(13,14)5-8/h6H,1-5H2. The van der Waals surface area contributed by atoms with Crippen LogP contribution in [0.5, 0.6) is 0 Å². The maximum absolute atomic E-state index is 11.4. The van der Waals surface area contributed by atoms with Crippen LogP contribution in [0.3, 0.4) is 0 Å². The Bertz CT molecular complexity index is 468. The Labute approximate surface area is 92.3 Å². The third-order valence-electron chi connectivity index (χ3n) is 3.18. The molecule has 2 unspecified atom stereocenters. The lowest BCUT2D eigenvalue weighted by Gasteiger charge is -2.24. The van der Waals surface area contributed by atoms with Gasteiger partial charge in [-0.05, 0) is 12.0 Å². The van der Waals surface area contributed by atoms with Gasteiger partial charge in [-0.3, -0.25) is 4.79 Å².